The third-order valence-corrected chi connectivity index (χ3v) is 5.89. The summed E-state index contributed by atoms with van der Waals surface area (Å²) < 4.78 is 41.6. The number of carbonyl (C=O) groups is 1. The highest BCUT2D eigenvalue weighted by Crippen LogP contribution is 2.33. The first-order valence-corrected chi connectivity index (χ1v) is 11.8. The molecule has 0 saturated carbocycles. The zero-order valence-electron chi connectivity index (χ0n) is 21.4. The van der Waals surface area contributed by atoms with E-state index >= 15 is 0 Å². The Balaban J connectivity index is 1.60. The Morgan fingerprint density at radius 1 is 1.08 bits per heavy atom. The van der Waals surface area contributed by atoms with Crippen LogP contribution in [0.15, 0.2) is 77.8 Å². The summed E-state index contributed by atoms with van der Waals surface area (Å²) in [5.41, 5.74) is 9.25. The number of fused-ring (bicyclic) bond motifs is 1. The Morgan fingerprint density at radius 2 is 1.85 bits per heavy atom. The number of pyridine rings is 1. The summed E-state index contributed by atoms with van der Waals surface area (Å²) in [5, 5.41) is 5.71. The first-order valence-electron chi connectivity index (χ1n) is 11.8. The smallest absolute Gasteiger partial charge is 0.403 e. The van der Waals surface area contributed by atoms with Gasteiger partial charge in [0.05, 0.1) is 23.1 Å². The van der Waals surface area contributed by atoms with Crippen molar-refractivity contribution in [2.24, 2.45) is 10.7 Å². The van der Waals surface area contributed by atoms with E-state index in [-0.39, 0.29) is 16.8 Å². The van der Waals surface area contributed by atoms with Crippen LogP contribution in [-0.4, -0.2) is 28.6 Å². The summed E-state index contributed by atoms with van der Waals surface area (Å²) in [6, 6.07) is 12.3. The van der Waals surface area contributed by atoms with Crippen molar-refractivity contribution in [3.63, 3.8) is 0 Å². The predicted octanol–water partition coefficient (Wildman–Crippen LogP) is 5.53. The molecule has 4 rings (SSSR count). The van der Waals surface area contributed by atoms with Crippen molar-refractivity contribution in [1.82, 2.24) is 9.38 Å². The second-order valence-electron chi connectivity index (χ2n) is 8.65. The van der Waals surface area contributed by atoms with E-state index < -0.39 is 17.6 Å². The second-order valence-corrected chi connectivity index (χ2v) is 8.65. The molecule has 39 heavy (non-hydrogen) atoms. The molecule has 0 bridgehead atoms. The van der Waals surface area contributed by atoms with Crippen LogP contribution in [0.5, 0.6) is 0 Å². The maximum atomic E-state index is 13.3. The average Bonchev–Trinajstić information content (AvgIpc) is 3.32. The standard InChI is InChI=1S/C29H25F3N6O/c1-18-6-8-21(28(39)37-22-10-7-19(2)25(14-22)29(30,31)32)13-20(18)9-11-24-17-35-27-26(5-4-12-38(24)27)36-23(15-33)16-34-3/h4-8,10,12-17,36H,33H2,1-3H3,(H,37,39). The van der Waals surface area contributed by atoms with Gasteiger partial charge in [-0.3, -0.25) is 14.2 Å². The SMILES string of the molecule is CN=CC(=CN)Nc1cccn2c(C#Cc3cc(C(=O)Nc4ccc(C)c(C(F)(F)F)c4)ccc3C)cnc12. The van der Waals surface area contributed by atoms with Crippen molar-refractivity contribution in [2.75, 3.05) is 17.7 Å². The molecule has 198 valence electrons. The molecule has 0 atom stereocenters. The fraction of sp³-hybridized carbons (Fsp3) is 0.138. The van der Waals surface area contributed by atoms with Gasteiger partial charge < -0.3 is 16.4 Å². The molecule has 0 spiro atoms. The fourth-order valence-corrected chi connectivity index (χ4v) is 3.85. The van der Waals surface area contributed by atoms with E-state index in [1.165, 1.54) is 25.3 Å². The van der Waals surface area contributed by atoms with Crippen molar-refractivity contribution in [2.45, 2.75) is 20.0 Å². The molecule has 0 aliphatic heterocycles. The molecule has 0 aliphatic carbocycles. The van der Waals surface area contributed by atoms with E-state index in [2.05, 4.69) is 32.5 Å². The van der Waals surface area contributed by atoms with Crippen LogP contribution in [-0.2, 0) is 6.18 Å². The Labute approximate surface area is 223 Å². The van der Waals surface area contributed by atoms with E-state index in [1.54, 1.807) is 37.7 Å². The molecule has 10 heteroatoms. The maximum absolute atomic E-state index is 13.3. The number of imidazole rings is 1. The fourth-order valence-electron chi connectivity index (χ4n) is 3.85. The van der Waals surface area contributed by atoms with Gasteiger partial charge in [-0.25, -0.2) is 4.98 Å². The number of aryl methyl sites for hydroxylation is 2. The molecule has 0 aliphatic rings. The number of halogens is 3. The summed E-state index contributed by atoms with van der Waals surface area (Å²) in [7, 11) is 1.64. The van der Waals surface area contributed by atoms with Crippen LogP contribution in [0.25, 0.3) is 5.65 Å². The topological polar surface area (TPSA) is 96.8 Å². The minimum absolute atomic E-state index is 0.0547. The van der Waals surface area contributed by atoms with Crippen molar-refractivity contribution in [3.05, 3.63) is 106 Å². The molecule has 1 amide bonds. The third kappa shape index (κ3) is 6.10. The van der Waals surface area contributed by atoms with Gasteiger partial charge in [0.1, 0.15) is 5.69 Å². The lowest BCUT2D eigenvalue weighted by Crippen LogP contribution is -2.14. The van der Waals surface area contributed by atoms with Crippen molar-refractivity contribution < 1.29 is 18.0 Å². The predicted molar refractivity (Wildman–Crippen MR) is 147 cm³/mol. The van der Waals surface area contributed by atoms with Gasteiger partial charge in [-0.05, 0) is 67.3 Å². The number of hydrogen-bond donors (Lipinski definition) is 3. The van der Waals surface area contributed by atoms with Crippen LogP contribution >= 0.6 is 0 Å². The number of amides is 1. The number of nitrogens with two attached hydrogens (primary N) is 1. The van der Waals surface area contributed by atoms with E-state index in [9.17, 15) is 18.0 Å². The number of aromatic nitrogens is 2. The van der Waals surface area contributed by atoms with Crippen LogP contribution in [0.1, 0.15) is 38.3 Å². The van der Waals surface area contributed by atoms with Crippen molar-refractivity contribution in [3.8, 4) is 11.8 Å². The van der Waals surface area contributed by atoms with Gasteiger partial charge in [0.15, 0.2) is 5.65 Å². The molecule has 7 nitrogen and oxygen atoms in total. The molecule has 0 saturated heterocycles. The first kappa shape index (κ1) is 27.0. The molecular weight excluding hydrogens is 505 g/mol. The lowest BCUT2D eigenvalue weighted by molar-refractivity contribution is -0.138. The number of anilines is 2. The number of benzene rings is 2. The molecule has 0 unspecified atom stereocenters. The number of hydrogen-bond acceptors (Lipinski definition) is 5. The van der Waals surface area contributed by atoms with Gasteiger partial charge in [-0.1, -0.05) is 18.1 Å². The normalized spacial score (nSPS) is 11.9. The molecule has 2 aromatic carbocycles. The summed E-state index contributed by atoms with van der Waals surface area (Å²) >= 11 is 0. The number of alkyl halides is 3. The summed E-state index contributed by atoms with van der Waals surface area (Å²) in [5.74, 6) is 5.63. The first-order chi connectivity index (χ1) is 18.6. The monoisotopic (exact) mass is 530 g/mol. The minimum Gasteiger partial charge on any atom is -0.403 e. The number of nitrogens with one attached hydrogen (secondary N) is 2. The van der Waals surface area contributed by atoms with Gasteiger partial charge in [-0.2, -0.15) is 13.2 Å². The largest absolute Gasteiger partial charge is 0.416 e. The van der Waals surface area contributed by atoms with Gasteiger partial charge >= 0.3 is 6.18 Å². The highest BCUT2D eigenvalue weighted by molar-refractivity contribution is 6.04. The van der Waals surface area contributed by atoms with Crippen LogP contribution in [0.3, 0.4) is 0 Å². The lowest BCUT2D eigenvalue weighted by atomic mass is 10.0. The Kier molecular flexibility index (Phi) is 7.72. The number of aliphatic imine (C=N–C) groups is 1. The summed E-state index contributed by atoms with van der Waals surface area (Å²) in [4.78, 5) is 21.3. The van der Waals surface area contributed by atoms with Gasteiger partial charge in [0.2, 0.25) is 0 Å². The number of rotatable bonds is 5. The van der Waals surface area contributed by atoms with Crippen molar-refractivity contribution in [1.29, 1.82) is 0 Å². The van der Waals surface area contributed by atoms with E-state index in [1.807, 2.05) is 29.7 Å². The molecule has 4 N–H and O–H groups in total. The summed E-state index contributed by atoms with van der Waals surface area (Å²) in [6.07, 6.45) is 1.94. The quantitative estimate of drug-likeness (QED) is 0.233. The van der Waals surface area contributed by atoms with Crippen LogP contribution in [0.2, 0.25) is 0 Å². The average molecular weight is 531 g/mol. The molecule has 0 fully saturated rings. The third-order valence-electron chi connectivity index (χ3n) is 5.89. The number of carbonyl (C=O) groups excluding carboxylic acids is 1. The number of allylic oxidation sites excluding steroid dienone is 1. The molecule has 0 radical (unpaired) electrons. The van der Waals surface area contributed by atoms with E-state index in [4.69, 9.17) is 5.73 Å². The molecular formula is C29H25F3N6O. The van der Waals surface area contributed by atoms with Gasteiger partial charge in [0.25, 0.3) is 5.91 Å². The van der Waals surface area contributed by atoms with Crippen LogP contribution in [0, 0.1) is 25.7 Å². The zero-order valence-corrected chi connectivity index (χ0v) is 21.4. The Hall–Kier alpha value is -5.04. The Morgan fingerprint density at radius 3 is 2.56 bits per heavy atom. The summed E-state index contributed by atoms with van der Waals surface area (Å²) in [6.45, 7) is 3.23. The van der Waals surface area contributed by atoms with E-state index in [0.29, 0.717) is 28.3 Å². The van der Waals surface area contributed by atoms with E-state index in [0.717, 1.165) is 11.6 Å². The molecule has 4 aromatic rings. The second kappa shape index (κ2) is 11.1. The zero-order chi connectivity index (χ0) is 28.2. The Bertz CT molecular complexity index is 1670. The van der Waals surface area contributed by atoms with Crippen LogP contribution < -0.4 is 16.4 Å². The van der Waals surface area contributed by atoms with Crippen molar-refractivity contribution >= 4 is 29.1 Å². The molecule has 2 aromatic heterocycles. The lowest BCUT2D eigenvalue weighted by Gasteiger charge is -2.13. The number of nitrogens with zero attached hydrogens (tertiary/aromatic N) is 3. The highest BCUT2D eigenvalue weighted by Gasteiger charge is 2.32. The van der Waals surface area contributed by atoms with Gasteiger partial charge in [0, 0.05) is 42.5 Å². The van der Waals surface area contributed by atoms with Gasteiger partial charge in [-0.15, -0.1) is 0 Å². The van der Waals surface area contributed by atoms with Crippen LogP contribution in [0.4, 0.5) is 24.5 Å². The molecule has 2 heterocycles. The minimum atomic E-state index is -4.51. The highest BCUT2D eigenvalue weighted by atomic mass is 19.4. The maximum Gasteiger partial charge on any atom is 0.416 e.